The minimum Gasteiger partial charge on any atom is -0.497 e. The van der Waals surface area contributed by atoms with E-state index in [2.05, 4.69) is 9.55 Å². The Hall–Kier alpha value is -4.62. The van der Waals surface area contributed by atoms with Crippen LogP contribution in [0.5, 0.6) is 11.5 Å². The molecule has 0 radical (unpaired) electrons. The van der Waals surface area contributed by atoms with Gasteiger partial charge in [-0.2, -0.15) is 13.7 Å². The lowest BCUT2D eigenvalue weighted by Gasteiger charge is -2.33. The van der Waals surface area contributed by atoms with Crippen LogP contribution in [0.25, 0.3) is 11.3 Å². The van der Waals surface area contributed by atoms with Gasteiger partial charge in [-0.05, 0) is 79.6 Å². The highest BCUT2D eigenvalue weighted by Crippen LogP contribution is 2.31. The number of nitriles is 1. The summed E-state index contributed by atoms with van der Waals surface area (Å²) in [4.78, 5) is 19.1. The summed E-state index contributed by atoms with van der Waals surface area (Å²) in [7, 11) is -2.49. The summed E-state index contributed by atoms with van der Waals surface area (Å²) in [6, 6.07) is 21.7. The first-order chi connectivity index (χ1) is 18.9. The Labute approximate surface area is 227 Å². The van der Waals surface area contributed by atoms with Gasteiger partial charge in [0.2, 0.25) is 0 Å². The van der Waals surface area contributed by atoms with E-state index < -0.39 is 10.1 Å². The van der Waals surface area contributed by atoms with Gasteiger partial charge in [-0.3, -0.25) is 4.79 Å². The van der Waals surface area contributed by atoms with E-state index in [0.29, 0.717) is 24.4 Å². The van der Waals surface area contributed by atoms with Crippen LogP contribution in [-0.4, -0.2) is 49.0 Å². The van der Waals surface area contributed by atoms with Crippen LogP contribution in [0.1, 0.15) is 34.8 Å². The predicted octanol–water partition coefficient (Wildman–Crippen LogP) is 4.68. The first kappa shape index (κ1) is 26.0. The molecular formula is C29H26N4O5S. The molecule has 0 aliphatic carbocycles. The number of carbonyl (C=O) groups excluding carboxylic acids is 1. The summed E-state index contributed by atoms with van der Waals surface area (Å²) in [5, 5.41) is 9.04. The fourth-order valence-corrected chi connectivity index (χ4v) is 5.64. The van der Waals surface area contributed by atoms with E-state index in [-0.39, 0.29) is 28.2 Å². The Morgan fingerprint density at radius 1 is 1.00 bits per heavy atom. The third kappa shape index (κ3) is 5.63. The minimum absolute atomic E-state index is 0.00634. The maximum absolute atomic E-state index is 12.9. The van der Waals surface area contributed by atoms with E-state index in [9.17, 15) is 13.2 Å². The van der Waals surface area contributed by atoms with Crippen LogP contribution in [0.4, 0.5) is 0 Å². The number of rotatable bonds is 7. The number of aromatic nitrogens is 2. The fraction of sp³-hybridized carbons (Fsp3) is 0.207. The molecule has 1 aliphatic rings. The quantitative estimate of drug-likeness (QED) is 0.312. The van der Waals surface area contributed by atoms with Crippen LogP contribution in [0.15, 0.2) is 90.2 Å². The zero-order chi connectivity index (χ0) is 27.4. The standard InChI is InChI=1S/C29H26N4O5S/c1-37-25-9-7-23(8-10-25)29(34)32-15-13-24(14-16-32)33-20-31-19-28(33)22-5-11-26(12-6-22)38-39(35,36)27-4-2-3-21(17-27)18-30/h2-12,17,19-20,24H,13-16H2,1H3. The summed E-state index contributed by atoms with van der Waals surface area (Å²) in [5.74, 6) is 0.883. The maximum Gasteiger partial charge on any atom is 0.339 e. The van der Waals surface area contributed by atoms with Gasteiger partial charge < -0.3 is 18.4 Å². The van der Waals surface area contributed by atoms with Gasteiger partial charge in [0.25, 0.3) is 5.91 Å². The Kier molecular flexibility index (Phi) is 7.34. The van der Waals surface area contributed by atoms with Gasteiger partial charge in [0.05, 0.1) is 37.0 Å². The van der Waals surface area contributed by atoms with Crippen LogP contribution in [0.3, 0.4) is 0 Å². The monoisotopic (exact) mass is 542 g/mol. The van der Waals surface area contributed by atoms with Crippen LogP contribution >= 0.6 is 0 Å². The van der Waals surface area contributed by atoms with Crippen molar-refractivity contribution in [2.24, 2.45) is 0 Å². The maximum atomic E-state index is 12.9. The van der Waals surface area contributed by atoms with Gasteiger partial charge in [-0.25, -0.2) is 4.98 Å². The molecule has 4 aromatic rings. The minimum atomic E-state index is -4.08. The Morgan fingerprint density at radius 2 is 1.69 bits per heavy atom. The molecule has 0 N–H and O–H groups in total. The number of ether oxygens (including phenoxy) is 1. The second-order valence-corrected chi connectivity index (χ2v) is 10.7. The molecule has 1 aliphatic heterocycles. The molecule has 0 saturated carbocycles. The second kappa shape index (κ2) is 11.0. The summed E-state index contributed by atoms with van der Waals surface area (Å²) < 4.78 is 37.9. The van der Waals surface area contributed by atoms with E-state index >= 15 is 0 Å². The van der Waals surface area contributed by atoms with Crippen molar-refractivity contribution in [1.29, 1.82) is 5.26 Å². The molecule has 5 rings (SSSR count). The number of piperidine rings is 1. The van der Waals surface area contributed by atoms with Crippen molar-refractivity contribution in [3.63, 3.8) is 0 Å². The van der Waals surface area contributed by atoms with Crippen LogP contribution in [0, 0.1) is 11.3 Å². The summed E-state index contributed by atoms with van der Waals surface area (Å²) in [6.07, 6.45) is 5.13. The number of carbonyl (C=O) groups is 1. The Balaban J connectivity index is 1.25. The normalized spacial score (nSPS) is 14.0. The lowest BCUT2D eigenvalue weighted by molar-refractivity contribution is 0.0695. The smallest absolute Gasteiger partial charge is 0.339 e. The molecule has 198 valence electrons. The van der Waals surface area contributed by atoms with Gasteiger partial charge in [-0.15, -0.1) is 0 Å². The van der Waals surface area contributed by atoms with Crippen LogP contribution in [0.2, 0.25) is 0 Å². The van der Waals surface area contributed by atoms with E-state index in [4.69, 9.17) is 14.2 Å². The lowest BCUT2D eigenvalue weighted by atomic mass is 10.0. The molecule has 0 spiro atoms. The first-order valence-electron chi connectivity index (χ1n) is 12.4. The molecule has 0 atom stereocenters. The molecule has 0 bridgehead atoms. The number of nitrogens with zero attached hydrogens (tertiary/aromatic N) is 4. The summed E-state index contributed by atoms with van der Waals surface area (Å²) >= 11 is 0. The molecule has 9 nitrogen and oxygen atoms in total. The Bertz CT molecular complexity index is 1620. The van der Waals surface area contributed by atoms with Gasteiger partial charge in [0, 0.05) is 30.3 Å². The second-order valence-electron chi connectivity index (χ2n) is 9.14. The van der Waals surface area contributed by atoms with E-state index in [1.165, 1.54) is 24.3 Å². The molecule has 1 aromatic heterocycles. The highest BCUT2D eigenvalue weighted by atomic mass is 32.2. The predicted molar refractivity (Wildman–Crippen MR) is 144 cm³/mol. The number of hydrogen-bond donors (Lipinski definition) is 0. The zero-order valence-corrected chi connectivity index (χ0v) is 22.0. The molecular weight excluding hydrogens is 516 g/mol. The van der Waals surface area contributed by atoms with Crippen LogP contribution < -0.4 is 8.92 Å². The number of benzene rings is 3. The molecule has 39 heavy (non-hydrogen) atoms. The fourth-order valence-electron chi connectivity index (χ4n) is 4.66. The van der Waals surface area contributed by atoms with E-state index in [1.54, 1.807) is 68.2 Å². The SMILES string of the molecule is COc1ccc(C(=O)N2CCC(n3cncc3-c3ccc(OS(=O)(=O)c4cccc(C#N)c4)cc3)CC2)cc1. The molecule has 10 heteroatoms. The van der Waals surface area contributed by atoms with Crippen molar-refractivity contribution in [3.05, 3.63) is 96.4 Å². The largest absolute Gasteiger partial charge is 0.497 e. The van der Waals surface area contributed by atoms with Gasteiger partial charge >= 0.3 is 10.1 Å². The average molecular weight is 543 g/mol. The van der Waals surface area contributed by atoms with Gasteiger partial charge in [-0.1, -0.05) is 6.07 Å². The number of imidazole rings is 1. The number of hydrogen-bond acceptors (Lipinski definition) is 7. The zero-order valence-electron chi connectivity index (χ0n) is 21.2. The number of methoxy groups -OCH3 is 1. The summed E-state index contributed by atoms with van der Waals surface area (Å²) in [6.45, 7) is 1.26. The number of likely N-dealkylation sites (tertiary alicyclic amines) is 1. The average Bonchev–Trinajstić information content (AvgIpc) is 3.47. The number of amides is 1. The van der Waals surface area contributed by atoms with Gasteiger partial charge in [0.1, 0.15) is 16.4 Å². The third-order valence-corrected chi connectivity index (χ3v) is 8.00. The van der Waals surface area contributed by atoms with Gasteiger partial charge in [0.15, 0.2) is 0 Å². The molecule has 1 amide bonds. The highest BCUT2D eigenvalue weighted by Gasteiger charge is 2.26. The van der Waals surface area contributed by atoms with E-state index in [1.807, 2.05) is 11.0 Å². The highest BCUT2D eigenvalue weighted by molar-refractivity contribution is 7.87. The van der Waals surface area contributed by atoms with Crippen molar-refractivity contribution in [1.82, 2.24) is 14.5 Å². The first-order valence-corrected chi connectivity index (χ1v) is 13.8. The van der Waals surface area contributed by atoms with Crippen molar-refractivity contribution in [2.45, 2.75) is 23.8 Å². The Morgan fingerprint density at radius 3 is 2.36 bits per heavy atom. The molecule has 1 saturated heterocycles. The molecule has 3 aromatic carbocycles. The van der Waals surface area contributed by atoms with Crippen molar-refractivity contribution < 1.29 is 22.1 Å². The van der Waals surface area contributed by atoms with Crippen molar-refractivity contribution in [3.8, 4) is 28.8 Å². The third-order valence-electron chi connectivity index (χ3n) is 6.76. The molecule has 1 fully saturated rings. The lowest BCUT2D eigenvalue weighted by Crippen LogP contribution is -2.39. The van der Waals surface area contributed by atoms with Crippen molar-refractivity contribution in [2.75, 3.05) is 20.2 Å². The van der Waals surface area contributed by atoms with Crippen molar-refractivity contribution >= 4 is 16.0 Å². The molecule has 0 unspecified atom stereocenters. The summed E-state index contributed by atoms with van der Waals surface area (Å²) in [5.41, 5.74) is 2.63. The van der Waals surface area contributed by atoms with E-state index in [0.717, 1.165) is 24.1 Å². The topological polar surface area (TPSA) is 115 Å². The molecule has 2 heterocycles. The van der Waals surface area contributed by atoms with Crippen LogP contribution in [-0.2, 0) is 10.1 Å².